The van der Waals surface area contributed by atoms with Crippen molar-refractivity contribution in [1.82, 2.24) is 10.3 Å². The summed E-state index contributed by atoms with van der Waals surface area (Å²) in [6.45, 7) is 1.82. The Kier molecular flexibility index (Phi) is 169. The van der Waals surface area contributed by atoms with Crippen molar-refractivity contribution in [3.05, 3.63) is 94.0 Å². The second-order valence-corrected chi connectivity index (χ2v) is 13.9. The van der Waals surface area contributed by atoms with E-state index < -0.39 is 36.4 Å². The number of carboxylic acids is 3. The van der Waals surface area contributed by atoms with E-state index in [2.05, 4.69) is 74.9 Å². The van der Waals surface area contributed by atoms with E-state index in [1.54, 1.807) is 5.57 Å². The molecular formula is C69H162ClF9N6O6. The van der Waals surface area contributed by atoms with Crippen molar-refractivity contribution in [2.75, 3.05) is 5.73 Å². The number of para-hydroxylation sites is 1. The number of nitrogens with one attached hydrogen (secondary N) is 3. The Morgan fingerprint density at radius 1 is 0.604 bits per heavy atom. The van der Waals surface area contributed by atoms with E-state index in [0.29, 0.717) is 11.8 Å². The monoisotopic (exact) mass is 1380 g/mol. The number of aromatic amines is 2. The highest BCUT2D eigenvalue weighted by Crippen LogP contribution is 2.46. The summed E-state index contributed by atoms with van der Waals surface area (Å²) < 4.78 is 96.8. The van der Waals surface area contributed by atoms with Crippen LogP contribution in [0.5, 0.6) is 0 Å². The Labute approximate surface area is 569 Å². The summed E-state index contributed by atoms with van der Waals surface area (Å²) in [6, 6.07) is 14.5. The van der Waals surface area contributed by atoms with Crippen molar-refractivity contribution in [3.63, 3.8) is 0 Å². The number of rotatable bonds is 7. The maximum absolute atomic E-state index is 10.5. The Morgan fingerprint density at radius 3 is 1.40 bits per heavy atom. The number of aryl methyl sites for hydroxylation is 1. The number of nitrogen functional groups attached to an aromatic ring is 1. The van der Waals surface area contributed by atoms with E-state index in [1.807, 2.05) is 12.1 Å². The summed E-state index contributed by atoms with van der Waals surface area (Å²) in [7, 11) is 0. The largest absolute Gasteiger partial charge is 0.542 e. The molecule has 2 bridgehead atoms. The highest BCUT2D eigenvalue weighted by molar-refractivity contribution is 6.31. The Balaban J connectivity index is -0.0000000240. The number of carbonyl (C=O) groups excluding carboxylic acids is 3. The molecule has 3 unspecified atom stereocenters. The number of carbonyl (C=O) groups is 3. The van der Waals surface area contributed by atoms with Crippen molar-refractivity contribution in [2.45, 2.75) is 314 Å². The zero-order valence-electron chi connectivity index (χ0n) is 30.4. The average Bonchev–Trinajstić information content (AvgIpc) is 3.76. The van der Waals surface area contributed by atoms with Gasteiger partial charge in [-0.2, -0.15) is 44.2 Å². The number of unbranched alkanes of at least 4 members (excludes halogenated alkanes) is 1. The van der Waals surface area contributed by atoms with Crippen LogP contribution in [0.3, 0.4) is 0 Å². The first-order chi connectivity index (χ1) is 27.4. The number of alkyl halides is 9. The third-order valence-electron chi connectivity index (χ3n) is 9.23. The van der Waals surface area contributed by atoms with Crippen LogP contribution in [-0.2, 0) is 33.9 Å². The summed E-state index contributed by atoms with van der Waals surface area (Å²) >= 11 is 6.24. The number of carboxylic acid groups (broad SMARTS) is 3. The molecule has 12 nitrogen and oxygen atoms in total. The predicted octanol–water partition coefficient (Wildman–Crippen LogP) is 22.7. The van der Waals surface area contributed by atoms with Gasteiger partial charge in [0.25, 0.3) is 5.69 Å². The van der Waals surface area contributed by atoms with Crippen LogP contribution in [0.15, 0.2) is 66.5 Å². The number of pyridine rings is 1. The summed E-state index contributed by atoms with van der Waals surface area (Å²) in [6.07, 6.45) is 0.401. The van der Waals surface area contributed by atoms with E-state index in [9.17, 15) is 39.5 Å². The van der Waals surface area contributed by atoms with Crippen LogP contribution >= 0.6 is 11.6 Å². The molecule has 3 aliphatic rings. The minimum absolute atomic E-state index is 0. The number of quaternary nitrogens is 1. The number of halogens is 10. The smallest absolute Gasteiger partial charge is 0.430 e. The lowest BCUT2D eigenvalue weighted by molar-refractivity contribution is -0.789. The number of aliphatic carboxylic acids is 3. The van der Waals surface area contributed by atoms with Crippen LogP contribution in [0, 0.1) is 5.92 Å². The molecule has 0 radical (unpaired) electrons. The van der Waals surface area contributed by atoms with Gasteiger partial charge in [-0.25, -0.2) is 4.98 Å². The maximum Gasteiger partial charge on any atom is 0.430 e. The minimum atomic E-state index is -5.19. The lowest BCUT2D eigenvalue weighted by atomic mass is 9.70. The van der Waals surface area contributed by atoms with Crippen molar-refractivity contribution in [3.8, 4) is 0 Å². The number of hydrogen-bond acceptors (Lipinski definition) is 8. The quantitative estimate of drug-likeness (QED) is 0.0703. The van der Waals surface area contributed by atoms with Gasteiger partial charge in [0.15, 0.2) is 18.4 Å². The minimum Gasteiger partial charge on any atom is -0.542 e. The van der Waals surface area contributed by atoms with Crippen molar-refractivity contribution in [2.24, 2.45) is 5.92 Å². The topological polar surface area (TPSA) is 198 Å². The van der Waals surface area contributed by atoms with Gasteiger partial charge in [-0.1, -0.05) is 278 Å². The van der Waals surface area contributed by atoms with Gasteiger partial charge in [0, 0.05) is 45.9 Å². The van der Waals surface area contributed by atoms with Gasteiger partial charge >= 0.3 is 18.5 Å². The second-order valence-electron chi connectivity index (χ2n) is 13.5. The molecular weight excluding hydrogens is 1220 g/mol. The Hall–Kier alpha value is -5.70. The fraction of sp³-hybridized carbons (Fsp3) is 0.652. The third kappa shape index (κ3) is 55.6. The van der Waals surface area contributed by atoms with Gasteiger partial charge in [0.05, 0.1) is 11.1 Å². The highest BCUT2D eigenvalue weighted by Gasteiger charge is 2.37. The number of nitrogens with zero attached hydrogens (tertiary/aromatic N) is 2. The standard InChI is InChI=1S/C31H31ClN6.3C2HF3O2.32CH4/c32-24-8-9-26-27(17-24)34-28-16-21-13-20(14-23(15-21)30(28)31(26)33)5-3-4-11-38-19-25(35-36-38)18-37-12-10-22-6-1-2-7-29(22)37;3*3-2(4,5)1(6)7;;;;;;;;;;;;;;;;;;;;;;;;;;;;;;;;/h1-2,6-10,12-13,17,19,21,23H,3-5,11,14-16,18H2,(H2,33,34);3*(H,6,7);32*1H4. The number of allylic oxidation sites excluding steroid dienone is 2. The lowest BCUT2D eigenvalue weighted by Gasteiger charge is -2.34. The van der Waals surface area contributed by atoms with Crippen LogP contribution in [0.2, 0.25) is 5.02 Å². The molecule has 2 aliphatic carbocycles. The number of aromatic nitrogens is 4. The highest BCUT2D eigenvalue weighted by atomic mass is 35.5. The van der Waals surface area contributed by atoms with Crippen LogP contribution < -0.4 is 35.6 Å². The maximum atomic E-state index is 10.5. The van der Waals surface area contributed by atoms with E-state index in [1.165, 1.54) is 40.2 Å². The van der Waals surface area contributed by atoms with E-state index in [4.69, 9.17) is 47.0 Å². The molecule has 3 heterocycles. The number of benzene rings is 2. The first-order valence-corrected chi connectivity index (χ1v) is 17.9. The second kappa shape index (κ2) is 80.4. The van der Waals surface area contributed by atoms with Crippen molar-refractivity contribution < 1.29 is 83.8 Å². The molecule has 0 saturated heterocycles. The molecule has 1 aliphatic heterocycles. The molecule has 7 rings (SSSR count). The molecule has 2 aromatic carbocycles. The fourth-order valence-corrected chi connectivity index (χ4v) is 7.00. The number of fused-ring (bicyclic) bond motifs is 6. The fourth-order valence-electron chi connectivity index (χ4n) is 6.83. The molecule has 0 amide bonds. The van der Waals surface area contributed by atoms with E-state index in [-0.39, 0.29) is 238 Å². The summed E-state index contributed by atoms with van der Waals surface area (Å²) in [5.41, 5.74) is 16.7. The number of H-pyrrole nitrogens is 2. The summed E-state index contributed by atoms with van der Waals surface area (Å²) in [4.78, 5) is 31.4. The van der Waals surface area contributed by atoms with Gasteiger partial charge in [0.1, 0.15) is 36.3 Å². The molecule has 4 aromatic rings. The zero-order valence-corrected chi connectivity index (χ0v) is 31.1. The van der Waals surface area contributed by atoms with Crippen LogP contribution in [0.25, 0.3) is 17.0 Å². The van der Waals surface area contributed by atoms with E-state index >= 15 is 0 Å². The first kappa shape index (κ1) is 191. The number of hydrogen-bond donors (Lipinski definition) is 3. The Morgan fingerprint density at radius 2 is 1.00 bits per heavy atom. The SMILES string of the molecule is C.C.C.C.C.C.C.C.C.C.C.C.C.C.C.C.C.C.C.C.C.C.C.C.C.C.C.C.C.C.C.C.Nc1c2c([nH+]c3cc(Cl)ccc13)CC1C=C(CCCC[n+]3cc(C[NH+]4C=Cc5ccccc54)n[nH]3)CC2C1.O=C([O-])C(F)(F)F.O=C([O-])C(F)(F)F.O=C([O-])C(F)(F)F. The van der Waals surface area contributed by atoms with Crippen LogP contribution in [0.1, 0.15) is 298 Å². The lowest BCUT2D eigenvalue weighted by Crippen LogP contribution is -3.00. The zero-order chi connectivity index (χ0) is 43.9. The van der Waals surface area contributed by atoms with Gasteiger partial charge in [-0.05, 0) is 62.1 Å². The van der Waals surface area contributed by atoms with Gasteiger partial charge in [-0.15, -0.1) is 0 Å². The van der Waals surface area contributed by atoms with Crippen LogP contribution in [0.4, 0.5) is 50.9 Å². The molecule has 0 fully saturated rings. The number of anilines is 1. The molecule has 2 aromatic heterocycles. The van der Waals surface area contributed by atoms with Crippen LogP contribution in [-0.4, -0.2) is 46.7 Å². The summed E-state index contributed by atoms with van der Waals surface area (Å²) in [5, 5.41) is 35.9. The molecule has 91 heavy (non-hydrogen) atoms. The number of nitrogens with two attached hydrogens (primary N) is 1. The normalized spacial score (nSPS) is 11.5. The summed E-state index contributed by atoms with van der Waals surface area (Å²) in [5.74, 6) is -7.91. The van der Waals surface area contributed by atoms with Crippen molar-refractivity contribution >= 4 is 57.9 Å². The molecule has 5 N–H and O–H groups in total. The molecule has 3 atom stereocenters. The van der Waals surface area contributed by atoms with Gasteiger partial charge in [0.2, 0.25) is 5.52 Å². The first-order valence-electron chi connectivity index (χ1n) is 17.5. The van der Waals surface area contributed by atoms with Gasteiger partial charge < -0.3 is 35.4 Å². The Bertz CT molecular complexity index is 2180. The van der Waals surface area contributed by atoms with Gasteiger partial charge in [-0.3, -0.25) is 4.90 Å². The molecule has 0 spiro atoms. The predicted molar refractivity (Wildman–Crippen MR) is 398 cm³/mol. The van der Waals surface area contributed by atoms with E-state index in [0.717, 1.165) is 66.1 Å². The molecule has 0 saturated carbocycles. The molecule has 22 heteroatoms. The van der Waals surface area contributed by atoms with Crippen molar-refractivity contribution in [1.29, 1.82) is 0 Å². The third-order valence-corrected chi connectivity index (χ3v) is 9.46. The molecule has 574 valence electrons. The average molecular weight is 1380 g/mol.